The van der Waals surface area contributed by atoms with Crippen LogP contribution < -0.4 is 16.0 Å². The molecule has 0 bridgehead atoms. The molecule has 0 aliphatic rings. The Morgan fingerprint density at radius 3 is 2.62 bits per heavy atom. The molecule has 0 unspecified atom stereocenters. The monoisotopic (exact) mass is 331 g/mol. The van der Waals surface area contributed by atoms with Crippen molar-refractivity contribution >= 4 is 23.6 Å². The van der Waals surface area contributed by atoms with Gasteiger partial charge < -0.3 is 19.8 Å². The topological polar surface area (TPSA) is 110 Å². The quantitative estimate of drug-likeness (QED) is 0.692. The van der Waals surface area contributed by atoms with Gasteiger partial charge in [0.1, 0.15) is 5.76 Å². The van der Waals surface area contributed by atoms with E-state index in [4.69, 9.17) is 9.15 Å². The highest BCUT2D eigenvalue weighted by atomic mass is 16.5. The average Bonchev–Trinajstić information content (AvgIpc) is 3.11. The van der Waals surface area contributed by atoms with E-state index in [1.165, 1.54) is 6.26 Å². The van der Waals surface area contributed by atoms with E-state index < -0.39 is 24.5 Å². The van der Waals surface area contributed by atoms with Gasteiger partial charge in [-0.25, -0.2) is 9.59 Å². The number of nitrogens with one attached hydrogen (secondary N) is 3. The van der Waals surface area contributed by atoms with E-state index >= 15 is 0 Å². The van der Waals surface area contributed by atoms with Gasteiger partial charge in [0, 0.05) is 12.7 Å². The van der Waals surface area contributed by atoms with Crippen molar-refractivity contribution in [3.05, 3.63) is 54.0 Å². The first-order valence-corrected chi connectivity index (χ1v) is 7.14. The van der Waals surface area contributed by atoms with Gasteiger partial charge in [0.05, 0.1) is 18.4 Å². The van der Waals surface area contributed by atoms with Gasteiger partial charge in [-0.15, -0.1) is 0 Å². The van der Waals surface area contributed by atoms with Crippen LogP contribution in [0.3, 0.4) is 0 Å². The van der Waals surface area contributed by atoms with Crippen molar-refractivity contribution in [2.24, 2.45) is 0 Å². The molecule has 8 nitrogen and oxygen atoms in total. The number of urea groups is 1. The molecule has 0 saturated heterocycles. The molecule has 1 aromatic carbocycles. The smallest absolute Gasteiger partial charge is 0.340 e. The third kappa shape index (κ3) is 4.87. The van der Waals surface area contributed by atoms with Gasteiger partial charge in [-0.1, -0.05) is 12.1 Å². The van der Waals surface area contributed by atoms with Gasteiger partial charge in [-0.05, 0) is 24.3 Å². The van der Waals surface area contributed by atoms with Crippen LogP contribution in [0.1, 0.15) is 16.1 Å². The third-order valence-electron chi connectivity index (χ3n) is 3.01. The number of ether oxygens (including phenoxy) is 1. The van der Waals surface area contributed by atoms with Crippen LogP contribution in [0.15, 0.2) is 47.1 Å². The first kappa shape index (κ1) is 17.1. The maximum absolute atomic E-state index is 11.9. The van der Waals surface area contributed by atoms with Crippen molar-refractivity contribution in [1.82, 2.24) is 10.6 Å². The summed E-state index contributed by atoms with van der Waals surface area (Å²) in [6.07, 6.45) is 1.47. The number of carbonyl (C=O) groups is 3. The Hall–Kier alpha value is -3.29. The summed E-state index contributed by atoms with van der Waals surface area (Å²) in [4.78, 5) is 35.1. The third-order valence-corrected chi connectivity index (χ3v) is 3.01. The minimum absolute atomic E-state index is 0.140. The lowest BCUT2D eigenvalue weighted by Crippen LogP contribution is -2.41. The number of anilines is 1. The van der Waals surface area contributed by atoms with Crippen LogP contribution in [0.4, 0.5) is 10.5 Å². The molecule has 24 heavy (non-hydrogen) atoms. The van der Waals surface area contributed by atoms with Crippen molar-refractivity contribution in [3.63, 3.8) is 0 Å². The lowest BCUT2D eigenvalue weighted by molar-refractivity contribution is -0.123. The summed E-state index contributed by atoms with van der Waals surface area (Å²) < 4.78 is 9.93. The second kappa shape index (κ2) is 8.37. The number of furan rings is 1. The zero-order chi connectivity index (χ0) is 17.4. The van der Waals surface area contributed by atoms with Crippen LogP contribution in [0.5, 0.6) is 0 Å². The van der Waals surface area contributed by atoms with Crippen LogP contribution >= 0.6 is 0 Å². The van der Waals surface area contributed by atoms with Crippen molar-refractivity contribution < 1.29 is 23.5 Å². The molecule has 0 radical (unpaired) electrons. The maximum atomic E-state index is 11.9. The molecule has 0 fully saturated rings. The fourth-order valence-corrected chi connectivity index (χ4v) is 1.88. The molecule has 2 aromatic rings. The molecule has 3 N–H and O–H groups in total. The number of hydrogen-bond donors (Lipinski definition) is 3. The van der Waals surface area contributed by atoms with Gasteiger partial charge in [0.25, 0.3) is 5.91 Å². The minimum Gasteiger partial charge on any atom is -0.467 e. The van der Waals surface area contributed by atoms with Crippen molar-refractivity contribution in [3.8, 4) is 0 Å². The number of amides is 3. The number of esters is 1. The van der Waals surface area contributed by atoms with Gasteiger partial charge >= 0.3 is 12.0 Å². The molecular weight excluding hydrogens is 314 g/mol. The Labute approximate surface area is 138 Å². The molecule has 0 atom stereocenters. The largest absolute Gasteiger partial charge is 0.467 e. The molecule has 0 aliphatic heterocycles. The van der Waals surface area contributed by atoms with Crippen molar-refractivity contribution in [2.75, 3.05) is 19.0 Å². The highest BCUT2D eigenvalue weighted by Gasteiger charge is 2.14. The second-order valence-electron chi connectivity index (χ2n) is 4.68. The van der Waals surface area contributed by atoms with E-state index in [9.17, 15) is 14.4 Å². The summed E-state index contributed by atoms with van der Waals surface area (Å²) in [6, 6.07) is 9.38. The number of carbonyl (C=O) groups excluding carboxylic acids is 3. The molecule has 0 saturated carbocycles. The molecule has 1 aromatic heterocycles. The number of para-hydroxylation sites is 1. The predicted molar refractivity (Wildman–Crippen MR) is 85.4 cm³/mol. The van der Waals surface area contributed by atoms with E-state index in [0.29, 0.717) is 17.0 Å². The Morgan fingerprint density at radius 2 is 1.92 bits per heavy atom. The van der Waals surface area contributed by atoms with E-state index in [1.807, 2.05) is 0 Å². The Kier molecular flexibility index (Phi) is 5.95. The first-order chi connectivity index (χ1) is 11.6. The number of rotatable bonds is 6. The van der Waals surface area contributed by atoms with Crippen LogP contribution in [-0.4, -0.2) is 31.6 Å². The molecule has 2 rings (SSSR count). The molecule has 8 heteroatoms. The normalized spacial score (nSPS) is 9.88. The zero-order valence-corrected chi connectivity index (χ0v) is 13.0. The molecule has 3 amide bonds. The fourth-order valence-electron chi connectivity index (χ4n) is 1.88. The van der Waals surface area contributed by atoms with Crippen LogP contribution in [0, 0.1) is 0 Å². The van der Waals surface area contributed by atoms with E-state index in [2.05, 4.69) is 16.0 Å². The number of imide groups is 1. The van der Waals surface area contributed by atoms with Gasteiger partial charge in [-0.2, -0.15) is 0 Å². The summed E-state index contributed by atoms with van der Waals surface area (Å²) in [5.74, 6) is -0.846. The zero-order valence-electron chi connectivity index (χ0n) is 13.0. The molecule has 126 valence electrons. The van der Waals surface area contributed by atoms with Gasteiger partial charge in [-0.3, -0.25) is 10.1 Å². The average molecular weight is 331 g/mol. The Balaban J connectivity index is 1.76. The number of hydrogen-bond acceptors (Lipinski definition) is 6. The first-order valence-electron chi connectivity index (χ1n) is 7.14. The summed E-state index contributed by atoms with van der Waals surface area (Å²) in [5.41, 5.74) is 0.883. The standard InChI is InChI=1S/C16H17N3O5/c1-17-13-7-3-2-6-12(13)15(21)24-10-14(20)19-16(22)18-9-11-5-4-8-23-11/h2-8,17H,9-10H2,1H3,(H2,18,19,20,22). The van der Waals surface area contributed by atoms with E-state index in [1.54, 1.807) is 43.4 Å². The van der Waals surface area contributed by atoms with Crippen LogP contribution in [0.25, 0.3) is 0 Å². The lowest BCUT2D eigenvalue weighted by atomic mass is 10.2. The van der Waals surface area contributed by atoms with E-state index in [0.717, 1.165) is 0 Å². The van der Waals surface area contributed by atoms with Gasteiger partial charge in [0.2, 0.25) is 0 Å². The summed E-state index contributed by atoms with van der Waals surface area (Å²) in [7, 11) is 1.67. The summed E-state index contributed by atoms with van der Waals surface area (Å²) in [5, 5.41) is 7.34. The predicted octanol–water partition coefficient (Wildman–Crippen LogP) is 1.50. The second-order valence-corrected chi connectivity index (χ2v) is 4.68. The molecule has 1 heterocycles. The molecule has 0 aliphatic carbocycles. The fraction of sp³-hybridized carbons (Fsp3) is 0.188. The minimum atomic E-state index is -0.734. The SMILES string of the molecule is CNc1ccccc1C(=O)OCC(=O)NC(=O)NCc1ccco1. The lowest BCUT2D eigenvalue weighted by Gasteiger charge is -2.09. The Bertz CT molecular complexity index is 712. The summed E-state index contributed by atoms with van der Waals surface area (Å²) in [6.45, 7) is -0.424. The van der Waals surface area contributed by atoms with Crippen LogP contribution in [0.2, 0.25) is 0 Å². The van der Waals surface area contributed by atoms with Crippen LogP contribution in [-0.2, 0) is 16.1 Å². The molecular formula is C16H17N3O5. The molecule has 0 spiro atoms. The summed E-state index contributed by atoms with van der Waals surface area (Å²) >= 11 is 0. The van der Waals surface area contributed by atoms with Gasteiger partial charge in [0.15, 0.2) is 6.61 Å². The Morgan fingerprint density at radius 1 is 1.12 bits per heavy atom. The highest BCUT2D eigenvalue weighted by Crippen LogP contribution is 2.15. The van der Waals surface area contributed by atoms with Crippen molar-refractivity contribution in [1.29, 1.82) is 0 Å². The van der Waals surface area contributed by atoms with Crippen molar-refractivity contribution in [2.45, 2.75) is 6.54 Å². The maximum Gasteiger partial charge on any atom is 0.340 e. The number of benzene rings is 1. The highest BCUT2D eigenvalue weighted by molar-refractivity contribution is 5.99. The van der Waals surface area contributed by atoms with E-state index in [-0.39, 0.29) is 6.54 Å².